The summed E-state index contributed by atoms with van der Waals surface area (Å²) < 4.78 is 1.62. The van der Waals surface area contributed by atoms with Gasteiger partial charge in [-0.1, -0.05) is 30.3 Å². The number of nitrogens with one attached hydrogen (secondary N) is 3. The lowest BCUT2D eigenvalue weighted by Gasteiger charge is -2.18. The van der Waals surface area contributed by atoms with Crippen LogP contribution in [0.15, 0.2) is 54.7 Å². The van der Waals surface area contributed by atoms with Crippen molar-refractivity contribution in [2.75, 3.05) is 29.9 Å². The number of aromatic hydroxyl groups is 1. The van der Waals surface area contributed by atoms with E-state index in [9.17, 15) is 14.7 Å². The van der Waals surface area contributed by atoms with Crippen LogP contribution in [0.3, 0.4) is 0 Å². The molecule has 34 heavy (non-hydrogen) atoms. The van der Waals surface area contributed by atoms with Crippen LogP contribution in [0.25, 0.3) is 16.4 Å². The van der Waals surface area contributed by atoms with E-state index in [4.69, 9.17) is 0 Å². The minimum Gasteiger partial charge on any atom is -0.506 e. The van der Waals surface area contributed by atoms with Crippen molar-refractivity contribution in [3.63, 3.8) is 0 Å². The van der Waals surface area contributed by atoms with Gasteiger partial charge in [0, 0.05) is 31.1 Å². The molecule has 1 saturated heterocycles. The molecule has 2 aromatic carbocycles. The molecule has 1 aliphatic heterocycles. The van der Waals surface area contributed by atoms with Crippen LogP contribution in [0.1, 0.15) is 23.7 Å². The van der Waals surface area contributed by atoms with E-state index in [1.54, 1.807) is 22.8 Å². The minimum absolute atomic E-state index is 0.00490. The number of anilines is 2. The summed E-state index contributed by atoms with van der Waals surface area (Å²) in [6.45, 7) is 3.69. The van der Waals surface area contributed by atoms with Gasteiger partial charge in [-0.2, -0.15) is 0 Å². The highest BCUT2D eigenvalue weighted by Crippen LogP contribution is 2.29. The quantitative estimate of drug-likeness (QED) is 0.364. The van der Waals surface area contributed by atoms with E-state index in [1.165, 1.54) is 0 Å². The Morgan fingerprint density at radius 2 is 2.00 bits per heavy atom. The molecular weight excluding hydrogens is 434 g/mol. The highest BCUT2D eigenvalue weighted by molar-refractivity contribution is 6.03. The number of urea groups is 1. The topological polar surface area (TPSA) is 124 Å². The number of rotatable bonds is 5. The van der Waals surface area contributed by atoms with Gasteiger partial charge in [-0.25, -0.2) is 14.3 Å². The highest BCUT2D eigenvalue weighted by atomic mass is 16.3. The van der Waals surface area contributed by atoms with Gasteiger partial charge in [0.2, 0.25) is 0 Å². The number of fused-ring (bicyclic) bond motifs is 2. The number of phenolic OH excluding ortho intramolecular Hbond substituents is 1. The summed E-state index contributed by atoms with van der Waals surface area (Å²) in [5.41, 5.74) is 0.883. The molecular formula is C24H25N7O3. The molecule has 10 heteroatoms. The second-order valence-electron chi connectivity index (χ2n) is 8.19. The van der Waals surface area contributed by atoms with Crippen molar-refractivity contribution in [1.82, 2.24) is 25.2 Å². The van der Waals surface area contributed by atoms with Crippen molar-refractivity contribution in [1.29, 1.82) is 0 Å². The van der Waals surface area contributed by atoms with Gasteiger partial charge in [-0.3, -0.25) is 10.1 Å². The van der Waals surface area contributed by atoms with Gasteiger partial charge in [-0.15, -0.1) is 5.10 Å². The Morgan fingerprint density at radius 3 is 2.85 bits per heavy atom. The number of hydrogen-bond acceptors (Lipinski definition) is 6. The van der Waals surface area contributed by atoms with Gasteiger partial charge in [-0.05, 0) is 36.9 Å². The third-order valence-corrected chi connectivity index (χ3v) is 5.88. The van der Waals surface area contributed by atoms with Crippen LogP contribution in [0.4, 0.5) is 16.4 Å². The lowest BCUT2D eigenvalue weighted by Crippen LogP contribution is -2.37. The van der Waals surface area contributed by atoms with Crippen molar-refractivity contribution >= 4 is 40.0 Å². The Hall–Kier alpha value is -4.34. The van der Waals surface area contributed by atoms with Gasteiger partial charge in [0.1, 0.15) is 11.6 Å². The lowest BCUT2D eigenvalue weighted by molar-refractivity contribution is 0.0938. The summed E-state index contributed by atoms with van der Waals surface area (Å²) in [5, 5.41) is 25.1. The van der Waals surface area contributed by atoms with Crippen LogP contribution >= 0.6 is 0 Å². The zero-order valence-electron chi connectivity index (χ0n) is 18.7. The van der Waals surface area contributed by atoms with Gasteiger partial charge >= 0.3 is 6.03 Å². The first kappa shape index (κ1) is 21.5. The molecule has 4 N–H and O–H groups in total. The van der Waals surface area contributed by atoms with E-state index in [-0.39, 0.29) is 29.3 Å². The molecule has 3 heterocycles. The van der Waals surface area contributed by atoms with Crippen molar-refractivity contribution < 1.29 is 14.7 Å². The van der Waals surface area contributed by atoms with E-state index < -0.39 is 0 Å². The molecule has 0 bridgehead atoms. The monoisotopic (exact) mass is 459 g/mol. The number of carbonyl (C=O) groups excluding carboxylic acids is 2. The van der Waals surface area contributed by atoms with Crippen molar-refractivity contribution in [2.45, 2.75) is 19.4 Å². The fraction of sp³-hybridized carbons (Fsp3) is 0.250. The molecule has 1 aliphatic rings. The summed E-state index contributed by atoms with van der Waals surface area (Å²) in [7, 11) is 0. The second kappa shape index (κ2) is 8.89. The van der Waals surface area contributed by atoms with Crippen molar-refractivity contribution in [3.05, 3.63) is 60.3 Å². The Labute approximate surface area is 195 Å². The highest BCUT2D eigenvalue weighted by Gasteiger charge is 2.26. The number of phenols is 1. The normalized spacial score (nSPS) is 15.6. The Kier molecular flexibility index (Phi) is 5.62. The van der Waals surface area contributed by atoms with Gasteiger partial charge < -0.3 is 20.6 Å². The number of imidazole rings is 1. The molecule has 5 rings (SSSR count). The van der Waals surface area contributed by atoms with Gasteiger partial charge in [0.15, 0.2) is 11.5 Å². The fourth-order valence-corrected chi connectivity index (χ4v) is 4.21. The number of carbonyl (C=O) groups is 2. The molecule has 10 nitrogen and oxygen atoms in total. The third kappa shape index (κ3) is 4.17. The lowest BCUT2D eigenvalue weighted by atomic mass is 10.0. The number of hydrogen-bond donors (Lipinski definition) is 4. The summed E-state index contributed by atoms with van der Waals surface area (Å²) in [6, 6.07) is 14.2. The smallest absolute Gasteiger partial charge is 0.320 e. The zero-order chi connectivity index (χ0) is 23.7. The molecule has 2 aromatic heterocycles. The largest absolute Gasteiger partial charge is 0.506 e. The third-order valence-electron chi connectivity index (χ3n) is 5.88. The molecule has 0 saturated carbocycles. The molecule has 0 spiro atoms. The average molecular weight is 460 g/mol. The molecule has 1 atom stereocenters. The minimum atomic E-state index is -0.318. The van der Waals surface area contributed by atoms with E-state index in [0.717, 1.165) is 24.2 Å². The first-order chi connectivity index (χ1) is 16.5. The van der Waals surface area contributed by atoms with Gasteiger partial charge in [0.05, 0.1) is 11.8 Å². The van der Waals surface area contributed by atoms with Crippen LogP contribution in [0.5, 0.6) is 5.75 Å². The predicted octanol–water partition coefficient (Wildman–Crippen LogP) is 2.74. The zero-order valence-corrected chi connectivity index (χ0v) is 18.7. The van der Waals surface area contributed by atoms with Crippen LogP contribution < -0.4 is 20.9 Å². The predicted molar refractivity (Wildman–Crippen MR) is 129 cm³/mol. The Bertz CT molecular complexity index is 1380. The van der Waals surface area contributed by atoms with Crippen molar-refractivity contribution in [3.8, 4) is 5.75 Å². The molecule has 0 aliphatic carbocycles. The molecule has 1 fully saturated rings. The van der Waals surface area contributed by atoms with Crippen LogP contribution in [-0.2, 0) is 0 Å². The molecule has 0 unspecified atom stereocenters. The first-order valence-corrected chi connectivity index (χ1v) is 11.2. The fourth-order valence-electron chi connectivity index (χ4n) is 4.21. The molecule has 4 aromatic rings. The van der Waals surface area contributed by atoms with Crippen LogP contribution in [0.2, 0.25) is 0 Å². The first-order valence-electron chi connectivity index (χ1n) is 11.2. The molecule has 0 radical (unpaired) electrons. The number of amides is 3. The Morgan fingerprint density at radius 1 is 1.15 bits per heavy atom. The maximum atomic E-state index is 12.9. The van der Waals surface area contributed by atoms with E-state index in [0.29, 0.717) is 29.9 Å². The summed E-state index contributed by atoms with van der Waals surface area (Å²) in [5.74, 6) is 0.862. The molecule has 3 amide bonds. The summed E-state index contributed by atoms with van der Waals surface area (Å²) in [4.78, 5) is 31.0. The van der Waals surface area contributed by atoms with Gasteiger partial charge in [0.25, 0.3) is 5.91 Å². The number of aromatic nitrogens is 3. The Balaban J connectivity index is 1.26. The van der Waals surface area contributed by atoms with Crippen LogP contribution in [0, 0.1) is 0 Å². The maximum Gasteiger partial charge on any atom is 0.320 e. The van der Waals surface area contributed by atoms with E-state index in [2.05, 4.69) is 30.9 Å². The van der Waals surface area contributed by atoms with Crippen LogP contribution in [-0.4, -0.2) is 57.3 Å². The maximum absolute atomic E-state index is 12.9. The standard InChI is InChI=1S/C24H25N7O3/c1-2-25-24(34)28-19-14-31-20(27-19)9-10-21(29-31)30-12-11-16(13-30)26-23(33)18-8-7-15-5-3-4-6-17(15)22(18)32/h3-10,14,16,32H,2,11-13H2,1H3,(H,26,33)(H2,25,28,34)/t16-/m0/s1. The molecule has 174 valence electrons. The summed E-state index contributed by atoms with van der Waals surface area (Å²) in [6.07, 6.45) is 2.42. The average Bonchev–Trinajstić information content (AvgIpc) is 3.45. The number of benzene rings is 2. The van der Waals surface area contributed by atoms with E-state index >= 15 is 0 Å². The number of nitrogens with zero attached hydrogens (tertiary/aromatic N) is 4. The van der Waals surface area contributed by atoms with E-state index in [1.807, 2.05) is 43.3 Å². The van der Waals surface area contributed by atoms with Crippen molar-refractivity contribution in [2.24, 2.45) is 0 Å². The second-order valence-corrected chi connectivity index (χ2v) is 8.19. The summed E-state index contributed by atoms with van der Waals surface area (Å²) >= 11 is 0. The SMILES string of the molecule is CCNC(=O)Nc1cn2nc(N3CC[C@H](NC(=O)c4ccc5ccccc5c4O)C3)ccc2n1.